The van der Waals surface area contributed by atoms with Crippen LogP contribution in [-0.2, 0) is 9.53 Å². The van der Waals surface area contributed by atoms with E-state index in [2.05, 4.69) is 5.32 Å². The van der Waals surface area contributed by atoms with Crippen molar-refractivity contribution in [3.8, 4) is 0 Å². The fraction of sp³-hybridized carbons (Fsp3) is 0.364. The highest BCUT2D eigenvalue weighted by Gasteiger charge is 2.47. The van der Waals surface area contributed by atoms with E-state index in [1.54, 1.807) is 24.0 Å². The molecule has 6 heteroatoms. The summed E-state index contributed by atoms with van der Waals surface area (Å²) in [6.07, 6.45) is 0.354. The third kappa shape index (κ3) is 4.24. The second-order valence-electron chi connectivity index (χ2n) is 7.31. The minimum absolute atomic E-state index is 0.110. The van der Waals surface area contributed by atoms with Gasteiger partial charge in [0, 0.05) is 19.2 Å². The van der Waals surface area contributed by atoms with Gasteiger partial charge in [0.2, 0.25) is 5.91 Å². The molecule has 0 aromatic heterocycles. The van der Waals surface area contributed by atoms with E-state index in [0.717, 1.165) is 5.56 Å². The number of likely N-dealkylation sites (tertiary alicyclic amines) is 1. The Bertz CT molecular complexity index is 808. The predicted octanol–water partition coefficient (Wildman–Crippen LogP) is 2.16. The number of piperidine rings is 1. The summed E-state index contributed by atoms with van der Waals surface area (Å²) in [6, 6.07) is 17.4. The number of hydrogen-bond donors (Lipinski definition) is 2. The van der Waals surface area contributed by atoms with Crippen LogP contribution in [0.5, 0.6) is 0 Å². The summed E-state index contributed by atoms with van der Waals surface area (Å²) >= 11 is 0. The highest BCUT2D eigenvalue weighted by atomic mass is 16.5. The summed E-state index contributed by atoms with van der Waals surface area (Å²) < 4.78 is 4.92. The molecule has 148 valence electrons. The van der Waals surface area contributed by atoms with E-state index in [1.165, 1.54) is 7.11 Å². The number of rotatable bonds is 5. The molecule has 0 aliphatic carbocycles. The van der Waals surface area contributed by atoms with Gasteiger partial charge in [-0.1, -0.05) is 48.5 Å². The van der Waals surface area contributed by atoms with Crippen molar-refractivity contribution < 1.29 is 19.4 Å². The van der Waals surface area contributed by atoms with E-state index in [1.807, 2.05) is 48.5 Å². The third-order valence-electron chi connectivity index (χ3n) is 5.19. The quantitative estimate of drug-likeness (QED) is 0.831. The maximum absolute atomic E-state index is 13.3. The number of ether oxygens (including phenoxy) is 1. The number of carbonyl (C=O) groups excluding carboxylic acids is 2. The number of hydrogen-bond acceptors (Lipinski definition) is 4. The van der Waals surface area contributed by atoms with Gasteiger partial charge in [0.25, 0.3) is 5.91 Å². The van der Waals surface area contributed by atoms with Crippen LogP contribution in [0.3, 0.4) is 0 Å². The largest absolute Gasteiger partial charge is 0.388 e. The molecule has 2 N–H and O–H groups in total. The Balaban J connectivity index is 2.01. The van der Waals surface area contributed by atoms with Gasteiger partial charge >= 0.3 is 0 Å². The molecule has 1 fully saturated rings. The van der Waals surface area contributed by atoms with E-state index in [-0.39, 0.29) is 18.4 Å². The van der Waals surface area contributed by atoms with Crippen molar-refractivity contribution in [3.05, 3.63) is 71.8 Å². The summed E-state index contributed by atoms with van der Waals surface area (Å²) in [6.45, 7) is 1.97. The Kier molecular flexibility index (Phi) is 6.11. The molecule has 0 spiro atoms. The Morgan fingerprint density at radius 3 is 2.36 bits per heavy atom. The molecule has 0 saturated carbocycles. The maximum Gasteiger partial charge on any atom is 0.254 e. The molecule has 3 rings (SSSR count). The zero-order valence-electron chi connectivity index (χ0n) is 16.2. The zero-order valence-corrected chi connectivity index (χ0v) is 16.2. The van der Waals surface area contributed by atoms with Crippen LogP contribution in [0.4, 0.5) is 0 Å². The van der Waals surface area contributed by atoms with Crippen molar-refractivity contribution in [1.29, 1.82) is 0 Å². The Morgan fingerprint density at radius 1 is 1.14 bits per heavy atom. The second-order valence-corrected chi connectivity index (χ2v) is 7.31. The van der Waals surface area contributed by atoms with E-state index in [0.29, 0.717) is 18.5 Å². The molecule has 1 aliphatic heterocycles. The second kappa shape index (κ2) is 8.54. The maximum atomic E-state index is 13.3. The minimum Gasteiger partial charge on any atom is -0.388 e. The van der Waals surface area contributed by atoms with Crippen molar-refractivity contribution >= 4 is 11.8 Å². The lowest BCUT2D eigenvalue weighted by molar-refractivity contribution is -0.131. The minimum atomic E-state index is -1.17. The topological polar surface area (TPSA) is 78.9 Å². The van der Waals surface area contributed by atoms with Gasteiger partial charge in [0.1, 0.15) is 6.61 Å². The molecule has 0 radical (unpaired) electrons. The fourth-order valence-electron chi connectivity index (χ4n) is 3.74. The Hall–Kier alpha value is -2.70. The summed E-state index contributed by atoms with van der Waals surface area (Å²) in [5, 5.41) is 13.9. The summed E-state index contributed by atoms with van der Waals surface area (Å²) in [4.78, 5) is 27.3. The normalized spacial score (nSPS) is 24.6. The molecule has 2 aromatic rings. The SMILES string of the molecule is COCC(=O)N[C@H]1[C@H](c2ccccc2)N(C(=O)c2ccccc2)CC[C@@]1(C)O. The molecule has 2 aromatic carbocycles. The van der Waals surface area contributed by atoms with Gasteiger partial charge in [0.15, 0.2) is 0 Å². The first-order chi connectivity index (χ1) is 13.4. The first kappa shape index (κ1) is 20.0. The average molecular weight is 382 g/mol. The van der Waals surface area contributed by atoms with Crippen LogP contribution < -0.4 is 5.32 Å². The molecule has 0 unspecified atom stereocenters. The van der Waals surface area contributed by atoms with E-state index >= 15 is 0 Å². The predicted molar refractivity (Wildman–Crippen MR) is 106 cm³/mol. The number of nitrogens with zero attached hydrogens (tertiary/aromatic N) is 1. The number of methoxy groups -OCH3 is 1. The summed E-state index contributed by atoms with van der Waals surface area (Å²) in [7, 11) is 1.44. The van der Waals surface area contributed by atoms with Gasteiger partial charge in [-0.2, -0.15) is 0 Å². The van der Waals surface area contributed by atoms with Crippen molar-refractivity contribution in [3.63, 3.8) is 0 Å². The van der Waals surface area contributed by atoms with Crippen LogP contribution in [0, 0.1) is 0 Å². The van der Waals surface area contributed by atoms with Gasteiger partial charge < -0.3 is 20.1 Å². The first-order valence-corrected chi connectivity index (χ1v) is 9.35. The van der Waals surface area contributed by atoms with E-state index in [9.17, 15) is 14.7 Å². The highest BCUT2D eigenvalue weighted by molar-refractivity contribution is 5.94. The standard InChI is InChI=1S/C22H26N2O4/c1-22(27)13-14-24(21(26)17-11-7-4-8-12-17)19(16-9-5-3-6-10-16)20(22)23-18(25)15-28-2/h3-12,19-20,27H,13-15H2,1-2H3,(H,23,25)/t19-,20-,22+/m0/s1. The molecule has 28 heavy (non-hydrogen) atoms. The molecular weight excluding hydrogens is 356 g/mol. The molecule has 1 aliphatic rings. The van der Waals surface area contributed by atoms with Crippen LogP contribution in [0.1, 0.15) is 35.3 Å². The summed E-state index contributed by atoms with van der Waals surface area (Å²) in [5.41, 5.74) is 0.263. The van der Waals surface area contributed by atoms with Gasteiger partial charge in [-0.3, -0.25) is 9.59 Å². The van der Waals surface area contributed by atoms with Crippen LogP contribution in [-0.4, -0.2) is 53.7 Å². The van der Waals surface area contributed by atoms with Gasteiger partial charge in [-0.25, -0.2) is 0 Å². The van der Waals surface area contributed by atoms with Crippen LogP contribution in [0.2, 0.25) is 0 Å². The van der Waals surface area contributed by atoms with Gasteiger partial charge in [-0.05, 0) is 31.0 Å². The molecule has 2 amide bonds. The molecule has 0 bridgehead atoms. The van der Waals surface area contributed by atoms with E-state index in [4.69, 9.17) is 4.74 Å². The lowest BCUT2D eigenvalue weighted by atomic mass is 9.79. The number of benzene rings is 2. The highest BCUT2D eigenvalue weighted by Crippen LogP contribution is 2.37. The van der Waals surface area contributed by atoms with E-state index < -0.39 is 17.7 Å². The number of carbonyl (C=O) groups is 2. The molecule has 1 saturated heterocycles. The van der Waals surface area contributed by atoms with Crippen molar-refractivity contribution in [2.75, 3.05) is 20.3 Å². The van der Waals surface area contributed by atoms with Crippen molar-refractivity contribution in [1.82, 2.24) is 10.2 Å². The monoisotopic (exact) mass is 382 g/mol. The zero-order chi connectivity index (χ0) is 20.1. The number of nitrogens with one attached hydrogen (secondary N) is 1. The first-order valence-electron chi connectivity index (χ1n) is 9.35. The Labute approximate surface area is 165 Å². The van der Waals surface area contributed by atoms with Crippen LogP contribution >= 0.6 is 0 Å². The number of aliphatic hydroxyl groups is 1. The average Bonchev–Trinajstić information content (AvgIpc) is 2.70. The van der Waals surface area contributed by atoms with Crippen molar-refractivity contribution in [2.45, 2.75) is 31.0 Å². The molecule has 6 nitrogen and oxygen atoms in total. The van der Waals surface area contributed by atoms with Gasteiger partial charge in [0.05, 0.1) is 17.7 Å². The smallest absolute Gasteiger partial charge is 0.254 e. The van der Waals surface area contributed by atoms with Crippen LogP contribution in [0.25, 0.3) is 0 Å². The Morgan fingerprint density at radius 2 is 1.75 bits per heavy atom. The summed E-state index contributed by atoms with van der Waals surface area (Å²) in [5.74, 6) is -0.460. The van der Waals surface area contributed by atoms with Crippen LogP contribution in [0.15, 0.2) is 60.7 Å². The fourth-order valence-corrected chi connectivity index (χ4v) is 3.74. The number of amides is 2. The molecular formula is C22H26N2O4. The van der Waals surface area contributed by atoms with Crippen molar-refractivity contribution in [2.24, 2.45) is 0 Å². The molecule has 3 atom stereocenters. The van der Waals surface area contributed by atoms with Gasteiger partial charge in [-0.15, -0.1) is 0 Å². The lowest BCUT2D eigenvalue weighted by Gasteiger charge is -2.49. The molecule has 1 heterocycles. The third-order valence-corrected chi connectivity index (χ3v) is 5.19. The lowest BCUT2D eigenvalue weighted by Crippen LogP contribution is -2.63.